The molecular weight excluding hydrogens is 294 g/mol. The SMILES string of the molecule is O=[N+]([O-])COc1cc(OC[N+](=O)[O-])cc(OC[N+](=O)[O-])c1. The molecule has 0 fully saturated rings. The van der Waals surface area contributed by atoms with Gasteiger partial charge in [-0.2, -0.15) is 0 Å². The number of ether oxygens (including phenoxy) is 3. The van der Waals surface area contributed by atoms with Crippen molar-refractivity contribution in [2.45, 2.75) is 0 Å². The van der Waals surface area contributed by atoms with E-state index in [9.17, 15) is 30.3 Å². The lowest BCUT2D eigenvalue weighted by Gasteiger charge is -2.08. The Bertz CT molecular complexity index is 459. The van der Waals surface area contributed by atoms with Crippen molar-refractivity contribution in [3.05, 3.63) is 48.5 Å². The fourth-order valence-electron chi connectivity index (χ4n) is 1.18. The van der Waals surface area contributed by atoms with Gasteiger partial charge in [0.25, 0.3) is 0 Å². The Kier molecular flexibility index (Phi) is 5.61. The van der Waals surface area contributed by atoms with Crippen LogP contribution in [0.1, 0.15) is 0 Å². The van der Waals surface area contributed by atoms with Gasteiger partial charge in [0.15, 0.2) is 0 Å². The van der Waals surface area contributed by atoms with E-state index in [0.29, 0.717) is 0 Å². The maximum atomic E-state index is 10.2. The molecule has 0 saturated heterocycles. The molecule has 0 aliphatic heterocycles. The fraction of sp³-hybridized carbons (Fsp3) is 0.333. The van der Waals surface area contributed by atoms with E-state index >= 15 is 0 Å². The highest BCUT2D eigenvalue weighted by atomic mass is 16.7. The van der Waals surface area contributed by atoms with Crippen molar-refractivity contribution in [1.82, 2.24) is 0 Å². The lowest BCUT2D eigenvalue weighted by molar-refractivity contribution is -0.515. The number of hydrogen-bond donors (Lipinski definition) is 0. The number of nitrogens with zero attached hydrogens (tertiary/aromatic N) is 3. The Morgan fingerprint density at radius 1 is 0.667 bits per heavy atom. The molecule has 0 unspecified atom stereocenters. The molecule has 0 spiro atoms. The van der Waals surface area contributed by atoms with Crippen molar-refractivity contribution < 1.29 is 29.0 Å². The third-order valence-corrected chi connectivity index (χ3v) is 1.86. The largest absolute Gasteiger partial charge is 0.432 e. The van der Waals surface area contributed by atoms with Crippen LogP contribution in [0.25, 0.3) is 0 Å². The molecule has 114 valence electrons. The predicted molar refractivity (Wildman–Crippen MR) is 63.9 cm³/mol. The molecule has 21 heavy (non-hydrogen) atoms. The van der Waals surface area contributed by atoms with Crippen LogP contribution in [0, 0.1) is 30.3 Å². The van der Waals surface area contributed by atoms with Crippen molar-refractivity contribution >= 4 is 0 Å². The molecule has 0 aliphatic rings. The van der Waals surface area contributed by atoms with E-state index in [0.717, 1.165) is 18.2 Å². The molecule has 1 rings (SSSR count). The van der Waals surface area contributed by atoms with Gasteiger partial charge in [-0.1, -0.05) is 0 Å². The van der Waals surface area contributed by atoms with Gasteiger partial charge in [-0.3, -0.25) is 30.3 Å². The van der Waals surface area contributed by atoms with Gasteiger partial charge >= 0.3 is 20.2 Å². The summed E-state index contributed by atoms with van der Waals surface area (Å²) in [6, 6.07) is 3.48. The van der Waals surface area contributed by atoms with Crippen molar-refractivity contribution in [2.75, 3.05) is 20.2 Å². The van der Waals surface area contributed by atoms with E-state index in [-0.39, 0.29) is 17.2 Å². The summed E-state index contributed by atoms with van der Waals surface area (Å²) in [7, 11) is 0. The zero-order valence-electron chi connectivity index (χ0n) is 10.4. The second-order valence-electron chi connectivity index (χ2n) is 3.46. The monoisotopic (exact) mass is 303 g/mol. The zero-order chi connectivity index (χ0) is 15.8. The molecular formula is C9H9N3O9. The summed E-state index contributed by atoms with van der Waals surface area (Å²) in [5, 5.41) is 30.6. The second-order valence-corrected chi connectivity index (χ2v) is 3.46. The summed E-state index contributed by atoms with van der Waals surface area (Å²) < 4.78 is 14.3. The van der Waals surface area contributed by atoms with Gasteiger partial charge < -0.3 is 14.2 Å². The molecule has 0 bridgehead atoms. The molecule has 0 saturated carbocycles. The summed E-state index contributed by atoms with van der Waals surface area (Å²) in [6.45, 7) is -2.56. The summed E-state index contributed by atoms with van der Waals surface area (Å²) >= 11 is 0. The first-order chi connectivity index (χ1) is 9.86. The fourth-order valence-corrected chi connectivity index (χ4v) is 1.18. The van der Waals surface area contributed by atoms with Crippen molar-refractivity contribution in [3.8, 4) is 17.2 Å². The molecule has 0 atom stereocenters. The molecule has 1 aromatic rings. The molecule has 12 heteroatoms. The summed E-state index contributed by atoms with van der Waals surface area (Å²) in [6.07, 6.45) is 0. The van der Waals surface area contributed by atoms with Gasteiger partial charge in [0, 0.05) is 18.2 Å². The Morgan fingerprint density at radius 3 is 1.10 bits per heavy atom. The van der Waals surface area contributed by atoms with Crippen LogP contribution in [0.5, 0.6) is 17.2 Å². The Morgan fingerprint density at radius 2 is 0.905 bits per heavy atom. The van der Waals surface area contributed by atoms with Crippen LogP contribution in [0.15, 0.2) is 18.2 Å². The van der Waals surface area contributed by atoms with Crippen LogP contribution in [-0.4, -0.2) is 35.0 Å². The van der Waals surface area contributed by atoms with Gasteiger partial charge in [0.1, 0.15) is 17.2 Å². The van der Waals surface area contributed by atoms with Crippen LogP contribution in [0.3, 0.4) is 0 Å². The van der Waals surface area contributed by atoms with E-state index in [1.807, 2.05) is 0 Å². The smallest absolute Gasteiger partial charge is 0.344 e. The third kappa shape index (κ3) is 6.51. The summed E-state index contributed by atoms with van der Waals surface area (Å²) in [4.78, 5) is 28.4. The second kappa shape index (κ2) is 7.42. The van der Waals surface area contributed by atoms with Gasteiger partial charge in [0.05, 0.1) is 14.8 Å². The van der Waals surface area contributed by atoms with E-state index in [4.69, 9.17) is 14.2 Å². The molecule has 0 N–H and O–H groups in total. The average molecular weight is 303 g/mol. The normalized spacial score (nSPS) is 9.71. The number of hydrogen-bond acceptors (Lipinski definition) is 9. The maximum Gasteiger partial charge on any atom is 0.344 e. The minimum atomic E-state index is -0.854. The predicted octanol–water partition coefficient (Wildman–Crippen LogP) is 0.526. The molecule has 0 aliphatic carbocycles. The quantitative estimate of drug-likeness (QED) is 0.360. The highest BCUT2D eigenvalue weighted by Crippen LogP contribution is 2.28. The summed E-state index contributed by atoms with van der Waals surface area (Å²) in [5.41, 5.74) is 0. The molecule has 0 amide bonds. The number of nitro groups is 3. The van der Waals surface area contributed by atoms with Crippen LogP contribution < -0.4 is 14.2 Å². The van der Waals surface area contributed by atoms with Gasteiger partial charge in [-0.15, -0.1) is 0 Å². The molecule has 0 radical (unpaired) electrons. The lowest BCUT2D eigenvalue weighted by atomic mass is 10.3. The van der Waals surface area contributed by atoms with Crippen LogP contribution >= 0.6 is 0 Å². The van der Waals surface area contributed by atoms with E-state index < -0.39 is 35.0 Å². The zero-order valence-corrected chi connectivity index (χ0v) is 10.4. The Labute approximate surface area is 116 Å². The van der Waals surface area contributed by atoms with Crippen LogP contribution in [-0.2, 0) is 0 Å². The van der Waals surface area contributed by atoms with Gasteiger partial charge in [-0.05, 0) is 0 Å². The molecule has 12 nitrogen and oxygen atoms in total. The lowest BCUT2D eigenvalue weighted by Crippen LogP contribution is -2.11. The Hall–Kier alpha value is -3.18. The first-order valence-electron chi connectivity index (χ1n) is 5.25. The van der Waals surface area contributed by atoms with Gasteiger partial charge in [-0.25, -0.2) is 0 Å². The standard InChI is InChI=1S/C9H9N3O9/c13-10(14)4-19-7-1-8(20-5-11(15)16)3-9(2-7)21-6-12(17)18/h1-3H,4-6H2. The van der Waals surface area contributed by atoms with E-state index in [1.54, 1.807) is 0 Å². The highest BCUT2D eigenvalue weighted by molar-refractivity contribution is 5.42. The van der Waals surface area contributed by atoms with Crippen molar-refractivity contribution in [2.24, 2.45) is 0 Å². The minimum Gasteiger partial charge on any atom is -0.432 e. The number of benzene rings is 1. The summed E-state index contributed by atoms with van der Waals surface area (Å²) in [5.74, 6) is -0.234. The average Bonchev–Trinajstić information content (AvgIpc) is 2.40. The molecule has 0 aromatic heterocycles. The Balaban J connectivity index is 2.86. The van der Waals surface area contributed by atoms with Crippen molar-refractivity contribution in [3.63, 3.8) is 0 Å². The third-order valence-electron chi connectivity index (χ3n) is 1.86. The number of rotatable bonds is 9. The van der Waals surface area contributed by atoms with Gasteiger partial charge in [0.2, 0.25) is 0 Å². The molecule has 0 heterocycles. The van der Waals surface area contributed by atoms with E-state index in [2.05, 4.69) is 0 Å². The first kappa shape index (κ1) is 15.9. The first-order valence-corrected chi connectivity index (χ1v) is 5.25. The minimum absolute atomic E-state index is 0.0779. The maximum absolute atomic E-state index is 10.2. The molecule has 1 aromatic carbocycles. The van der Waals surface area contributed by atoms with E-state index in [1.165, 1.54) is 0 Å². The van der Waals surface area contributed by atoms with Crippen molar-refractivity contribution in [1.29, 1.82) is 0 Å². The van der Waals surface area contributed by atoms with Crippen LogP contribution in [0.4, 0.5) is 0 Å². The van der Waals surface area contributed by atoms with Crippen LogP contribution in [0.2, 0.25) is 0 Å². The highest BCUT2D eigenvalue weighted by Gasteiger charge is 2.10. The topological polar surface area (TPSA) is 157 Å².